The molecule has 1 heterocycles. The van der Waals surface area contributed by atoms with Crippen molar-refractivity contribution in [3.8, 4) is 11.4 Å². The van der Waals surface area contributed by atoms with Gasteiger partial charge in [-0.25, -0.2) is 9.37 Å². The Morgan fingerprint density at radius 1 is 1.10 bits per heavy atom. The first-order chi connectivity index (χ1) is 14.1. The highest BCUT2D eigenvalue weighted by Gasteiger charge is 2.14. The Kier molecular flexibility index (Phi) is 5.35. The number of hydrogen-bond donors (Lipinski definition) is 2. The maximum atomic E-state index is 13.3. The summed E-state index contributed by atoms with van der Waals surface area (Å²) in [4.78, 5) is 19.9. The summed E-state index contributed by atoms with van der Waals surface area (Å²) in [6, 6.07) is 21.4. The summed E-state index contributed by atoms with van der Waals surface area (Å²) in [5.74, 6) is 0.116. The molecule has 0 saturated heterocycles. The molecule has 1 unspecified atom stereocenters. The van der Waals surface area contributed by atoms with Crippen molar-refractivity contribution < 1.29 is 13.9 Å². The van der Waals surface area contributed by atoms with Crippen molar-refractivity contribution in [2.75, 3.05) is 5.32 Å². The fraction of sp³-hybridized carbons (Fsp3) is 0.130. The van der Waals surface area contributed by atoms with Crippen LogP contribution >= 0.6 is 0 Å². The van der Waals surface area contributed by atoms with E-state index in [1.54, 1.807) is 25.1 Å². The number of nitrogens with zero attached hydrogens (tertiary/aromatic N) is 1. The number of carbonyl (C=O) groups is 1. The molecule has 0 spiro atoms. The average Bonchev–Trinajstić information content (AvgIpc) is 3.16. The van der Waals surface area contributed by atoms with Crippen LogP contribution in [0.2, 0.25) is 0 Å². The summed E-state index contributed by atoms with van der Waals surface area (Å²) in [7, 11) is 0. The monoisotopic (exact) mass is 389 g/mol. The minimum atomic E-state index is -0.583. The summed E-state index contributed by atoms with van der Waals surface area (Å²) >= 11 is 0. The number of benzene rings is 3. The van der Waals surface area contributed by atoms with Gasteiger partial charge in [0.15, 0.2) is 0 Å². The van der Waals surface area contributed by atoms with Crippen molar-refractivity contribution in [3.63, 3.8) is 0 Å². The number of halogens is 1. The molecule has 4 aromatic rings. The Bertz CT molecular complexity index is 1120. The highest BCUT2D eigenvalue weighted by atomic mass is 19.1. The van der Waals surface area contributed by atoms with Crippen LogP contribution in [0.5, 0.6) is 0 Å². The zero-order valence-corrected chi connectivity index (χ0v) is 15.9. The lowest BCUT2D eigenvalue weighted by atomic mass is 10.2. The predicted octanol–water partition coefficient (Wildman–Crippen LogP) is 4.91. The maximum absolute atomic E-state index is 13.3. The number of ether oxygens (including phenoxy) is 1. The lowest BCUT2D eigenvalue weighted by molar-refractivity contribution is -0.127. The molecule has 1 amide bonds. The number of carbonyl (C=O) groups excluding carboxylic acids is 1. The van der Waals surface area contributed by atoms with E-state index in [1.165, 1.54) is 12.1 Å². The van der Waals surface area contributed by atoms with Crippen LogP contribution in [0.15, 0.2) is 72.8 Å². The van der Waals surface area contributed by atoms with E-state index < -0.39 is 6.10 Å². The Morgan fingerprint density at radius 2 is 1.86 bits per heavy atom. The molecule has 6 heteroatoms. The highest BCUT2D eigenvalue weighted by Crippen LogP contribution is 2.22. The molecule has 146 valence electrons. The summed E-state index contributed by atoms with van der Waals surface area (Å²) in [5.41, 5.74) is 3.86. The molecular formula is C23H20FN3O2. The quantitative estimate of drug-likeness (QED) is 0.492. The molecule has 5 nitrogen and oxygen atoms in total. The molecule has 2 N–H and O–H groups in total. The number of hydrogen-bond acceptors (Lipinski definition) is 3. The van der Waals surface area contributed by atoms with Crippen molar-refractivity contribution in [2.24, 2.45) is 0 Å². The van der Waals surface area contributed by atoms with Crippen LogP contribution in [0.3, 0.4) is 0 Å². The van der Waals surface area contributed by atoms with Gasteiger partial charge in [-0.3, -0.25) is 4.79 Å². The van der Waals surface area contributed by atoms with Crippen LogP contribution < -0.4 is 5.32 Å². The van der Waals surface area contributed by atoms with Crippen LogP contribution in [0, 0.1) is 5.82 Å². The Balaban J connectivity index is 1.38. The van der Waals surface area contributed by atoms with Crippen LogP contribution in [-0.4, -0.2) is 22.0 Å². The molecule has 0 saturated carbocycles. The van der Waals surface area contributed by atoms with Crippen molar-refractivity contribution in [3.05, 3.63) is 84.2 Å². The van der Waals surface area contributed by atoms with Crippen LogP contribution in [0.1, 0.15) is 12.5 Å². The first kappa shape index (κ1) is 18.8. The number of amides is 1. The summed E-state index contributed by atoms with van der Waals surface area (Å²) in [6.45, 7) is 2.10. The molecule has 0 bridgehead atoms. The van der Waals surface area contributed by atoms with Crippen LogP contribution in [-0.2, 0) is 16.1 Å². The maximum Gasteiger partial charge on any atom is 0.253 e. The smallest absolute Gasteiger partial charge is 0.253 e. The SMILES string of the molecule is CC(OCc1ccccc1)C(=O)Nc1ccc(-c2nc3ccc(F)cc3[nH]2)cc1. The van der Waals surface area contributed by atoms with E-state index in [-0.39, 0.29) is 11.7 Å². The third-order valence-corrected chi connectivity index (χ3v) is 4.58. The van der Waals surface area contributed by atoms with E-state index in [9.17, 15) is 9.18 Å². The number of rotatable bonds is 6. The molecule has 0 aliphatic rings. The fourth-order valence-corrected chi connectivity index (χ4v) is 2.95. The van der Waals surface area contributed by atoms with Gasteiger partial charge in [-0.05, 0) is 55.0 Å². The van der Waals surface area contributed by atoms with Crippen molar-refractivity contribution in [1.29, 1.82) is 0 Å². The number of aromatic nitrogens is 2. The van der Waals surface area contributed by atoms with Crippen molar-refractivity contribution in [2.45, 2.75) is 19.6 Å². The van der Waals surface area contributed by atoms with E-state index in [1.807, 2.05) is 42.5 Å². The average molecular weight is 389 g/mol. The van der Waals surface area contributed by atoms with Gasteiger partial charge in [0.2, 0.25) is 0 Å². The third kappa shape index (κ3) is 4.50. The second kappa shape index (κ2) is 8.24. The molecule has 0 radical (unpaired) electrons. The molecular weight excluding hydrogens is 369 g/mol. The Labute approximate surface area is 167 Å². The molecule has 1 atom stereocenters. The molecule has 3 aromatic carbocycles. The lowest BCUT2D eigenvalue weighted by Gasteiger charge is -2.13. The van der Waals surface area contributed by atoms with Gasteiger partial charge in [-0.15, -0.1) is 0 Å². The summed E-state index contributed by atoms with van der Waals surface area (Å²) in [5, 5.41) is 2.85. The zero-order chi connectivity index (χ0) is 20.2. The number of fused-ring (bicyclic) bond motifs is 1. The Morgan fingerprint density at radius 3 is 2.62 bits per heavy atom. The van der Waals surface area contributed by atoms with Gasteiger partial charge in [-0.1, -0.05) is 30.3 Å². The minimum Gasteiger partial charge on any atom is -0.364 e. The van der Waals surface area contributed by atoms with E-state index in [2.05, 4.69) is 15.3 Å². The van der Waals surface area contributed by atoms with Gasteiger partial charge in [0.1, 0.15) is 17.7 Å². The molecule has 0 aliphatic heterocycles. The predicted molar refractivity (Wildman–Crippen MR) is 111 cm³/mol. The largest absolute Gasteiger partial charge is 0.364 e. The first-order valence-electron chi connectivity index (χ1n) is 9.30. The topological polar surface area (TPSA) is 67.0 Å². The van der Waals surface area contributed by atoms with E-state index in [0.29, 0.717) is 29.2 Å². The van der Waals surface area contributed by atoms with Crippen molar-refractivity contribution in [1.82, 2.24) is 9.97 Å². The van der Waals surface area contributed by atoms with Gasteiger partial charge in [0, 0.05) is 11.3 Å². The Hall–Kier alpha value is -3.51. The normalized spacial score (nSPS) is 12.1. The van der Waals surface area contributed by atoms with E-state index >= 15 is 0 Å². The van der Waals surface area contributed by atoms with Crippen molar-refractivity contribution >= 4 is 22.6 Å². The van der Waals surface area contributed by atoms with Gasteiger partial charge in [-0.2, -0.15) is 0 Å². The summed E-state index contributed by atoms with van der Waals surface area (Å²) < 4.78 is 19.0. The number of anilines is 1. The van der Waals surface area contributed by atoms with E-state index in [4.69, 9.17) is 4.74 Å². The second-order valence-corrected chi connectivity index (χ2v) is 6.75. The first-order valence-corrected chi connectivity index (χ1v) is 9.30. The molecule has 0 fully saturated rings. The third-order valence-electron chi connectivity index (χ3n) is 4.58. The second-order valence-electron chi connectivity index (χ2n) is 6.75. The molecule has 4 rings (SSSR count). The minimum absolute atomic E-state index is 0.215. The van der Waals surface area contributed by atoms with Crippen LogP contribution in [0.25, 0.3) is 22.4 Å². The van der Waals surface area contributed by atoms with E-state index in [0.717, 1.165) is 11.1 Å². The van der Waals surface area contributed by atoms with Gasteiger partial charge in [0.05, 0.1) is 17.6 Å². The number of nitrogens with one attached hydrogen (secondary N) is 2. The van der Waals surface area contributed by atoms with Crippen LogP contribution in [0.4, 0.5) is 10.1 Å². The molecule has 29 heavy (non-hydrogen) atoms. The standard InChI is InChI=1S/C23H20FN3O2/c1-15(29-14-16-5-3-2-4-6-16)23(28)25-19-10-7-17(8-11-19)22-26-20-12-9-18(24)13-21(20)27-22/h2-13,15H,14H2,1H3,(H,25,28)(H,26,27). The van der Waals surface area contributed by atoms with Gasteiger partial charge in [0.25, 0.3) is 5.91 Å². The summed E-state index contributed by atoms with van der Waals surface area (Å²) in [6.07, 6.45) is -0.583. The van der Waals surface area contributed by atoms with Gasteiger partial charge < -0.3 is 15.0 Å². The zero-order valence-electron chi connectivity index (χ0n) is 15.9. The molecule has 1 aromatic heterocycles. The number of imidazole rings is 1. The fourth-order valence-electron chi connectivity index (χ4n) is 2.95. The highest BCUT2D eigenvalue weighted by molar-refractivity contribution is 5.94. The molecule has 0 aliphatic carbocycles. The number of aromatic amines is 1. The van der Waals surface area contributed by atoms with Gasteiger partial charge >= 0.3 is 0 Å². The number of H-pyrrole nitrogens is 1. The lowest BCUT2D eigenvalue weighted by Crippen LogP contribution is -2.27.